The summed E-state index contributed by atoms with van der Waals surface area (Å²) in [6.07, 6.45) is 7.33. The molecule has 0 spiro atoms. The highest BCUT2D eigenvalue weighted by atomic mass is 16.2. The van der Waals surface area contributed by atoms with Gasteiger partial charge in [-0.05, 0) is 56.4 Å². The zero-order valence-electron chi connectivity index (χ0n) is 11.3. The van der Waals surface area contributed by atoms with Gasteiger partial charge in [-0.3, -0.25) is 0 Å². The van der Waals surface area contributed by atoms with Gasteiger partial charge in [-0.25, -0.2) is 0 Å². The third-order valence-corrected chi connectivity index (χ3v) is 3.93. The standard InChI is InChI=1S/C14H29NO/c1-12-11-14(2,3)8-7-13(12)15-9-5-4-6-10-16/h12-13,15-16H,4-11H2,1-3H3. The summed E-state index contributed by atoms with van der Waals surface area (Å²) >= 11 is 0. The molecular weight excluding hydrogens is 198 g/mol. The van der Waals surface area contributed by atoms with Crippen LogP contribution in [-0.2, 0) is 0 Å². The molecule has 0 bridgehead atoms. The van der Waals surface area contributed by atoms with Crippen molar-refractivity contribution in [2.45, 2.75) is 65.3 Å². The topological polar surface area (TPSA) is 32.3 Å². The Morgan fingerprint density at radius 3 is 2.62 bits per heavy atom. The number of hydrogen-bond donors (Lipinski definition) is 2. The van der Waals surface area contributed by atoms with E-state index >= 15 is 0 Å². The van der Waals surface area contributed by atoms with Gasteiger partial charge in [0.05, 0.1) is 0 Å². The van der Waals surface area contributed by atoms with Crippen molar-refractivity contribution in [3.05, 3.63) is 0 Å². The molecule has 1 fully saturated rings. The summed E-state index contributed by atoms with van der Waals surface area (Å²) in [6.45, 7) is 8.62. The fourth-order valence-corrected chi connectivity index (χ4v) is 2.95. The Morgan fingerprint density at radius 1 is 1.25 bits per heavy atom. The molecule has 16 heavy (non-hydrogen) atoms. The number of unbranched alkanes of at least 4 members (excludes halogenated alkanes) is 2. The van der Waals surface area contributed by atoms with Crippen LogP contribution in [0.25, 0.3) is 0 Å². The quantitative estimate of drug-likeness (QED) is 0.684. The van der Waals surface area contributed by atoms with E-state index in [9.17, 15) is 0 Å². The van der Waals surface area contributed by atoms with Gasteiger partial charge in [0.1, 0.15) is 0 Å². The minimum atomic E-state index is 0.341. The van der Waals surface area contributed by atoms with Crippen molar-refractivity contribution >= 4 is 0 Å². The van der Waals surface area contributed by atoms with E-state index in [2.05, 4.69) is 26.1 Å². The van der Waals surface area contributed by atoms with Crippen molar-refractivity contribution in [3.8, 4) is 0 Å². The van der Waals surface area contributed by atoms with Crippen LogP contribution in [0.5, 0.6) is 0 Å². The number of hydrogen-bond acceptors (Lipinski definition) is 2. The minimum absolute atomic E-state index is 0.341. The molecule has 0 aliphatic heterocycles. The predicted octanol–water partition coefficient (Wildman–Crippen LogP) is 2.95. The molecule has 2 unspecified atom stereocenters. The first-order chi connectivity index (χ1) is 7.55. The molecule has 0 saturated heterocycles. The smallest absolute Gasteiger partial charge is 0.0431 e. The molecule has 0 aromatic heterocycles. The lowest BCUT2D eigenvalue weighted by atomic mass is 9.70. The second kappa shape index (κ2) is 6.61. The molecule has 0 amide bonds. The highest BCUT2D eigenvalue weighted by Crippen LogP contribution is 2.38. The molecule has 1 aliphatic rings. The second-order valence-electron chi connectivity index (χ2n) is 6.23. The van der Waals surface area contributed by atoms with Crippen LogP contribution in [0.4, 0.5) is 0 Å². The van der Waals surface area contributed by atoms with Gasteiger partial charge in [-0.15, -0.1) is 0 Å². The Labute approximate surface area is 101 Å². The normalized spacial score (nSPS) is 29.2. The molecule has 96 valence electrons. The van der Waals surface area contributed by atoms with Gasteiger partial charge in [0, 0.05) is 12.6 Å². The molecule has 0 radical (unpaired) electrons. The van der Waals surface area contributed by atoms with Crippen LogP contribution in [0.3, 0.4) is 0 Å². The van der Waals surface area contributed by atoms with E-state index in [0.29, 0.717) is 12.0 Å². The largest absolute Gasteiger partial charge is 0.396 e. The molecule has 0 aromatic rings. The van der Waals surface area contributed by atoms with Gasteiger partial charge in [0.15, 0.2) is 0 Å². The predicted molar refractivity (Wildman–Crippen MR) is 69.5 cm³/mol. The van der Waals surface area contributed by atoms with E-state index in [0.717, 1.165) is 31.3 Å². The first-order valence-electron chi connectivity index (χ1n) is 6.89. The Bertz CT molecular complexity index is 191. The third-order valence-electron chi connectivity index (χ3n) is 3.93. The molecule has 0 aromatic carbocycles. The highest BCUT2D eigenvalue weighted by molar-refractivity contribution is 4.86. The number of aliphatic hydroxyl groups is 1. The Kier molecular flexibility index (Phi) is 5.77. The average molecular weight is 227 g/mol. The van der Waals surface area contributed by atoms with E-state index in [1.807, 2.05) is 0 Å². The zero-order valence-corrected chi connectivity index (χ0v) is 11.3. The fraction of sp³-hybridized carbons (Fsp3) is 1.00. The molecule has 0 heterocycles. The maximum Gasteiger partial charge on any atom is 0.0431 e. The van der Waals surface area contributed by atoms with Gasteiger partial charge >= 0.3 is 0 Å². The first kappa shape index (κ1) is 14.0. The van der Waals surface area contributed by atoms with Crippen LogP contribution >= 0.6 is 0 Å². The molecule has 1 aliphatic carbocycles. The van der Waals surface area contributed by atoms with Crippen LogP contribution in [0.15, 0.2) is 0 Å². The van der Waals surface area contributed by atoms with Gasteiger partial charge < -0.3 is 10.4 Å². The molecule has 2 nitrogen and oxygen atoms in total. The van der Waals surface area contributed by atoms with Crippen LogP contribution in [-0.4, -0.2) is 24.3 Å². The van der Waals surface area contributed by atoms with Gasteiger partial charge in [-0.1, -0.05) is 20.8 Å². The van der Waals surface area contributed by atoms with Crippen LogP contribution in [0.1, 0.15) is 59.3 Å². The Morgan fingerprint density at radius 2 is 2.00 bits per heavy atom. The van der Waals surface area contributed by atoms with Crippen LogP contribution in [0.2, 0.25) is 0 Å². The highest BCUT2D eigenvalue weighted by Gasteiger charge is 2.31. The lowest BCUT2D eigenvalue weighted by Crippen LogP contribution is -2.42. The third kappa shape index (κ3) is 4.84. The summed E-state index contributed by atoms with van der Waals surface area (Å²) in [4.78, 5) is 0. The molecular formula is C14H29NO. The Hall–Kier alpha value is -0.0800. The van der Waals surface area contributed by atoms with E-state index in [-0.39, 0.29) is 0 Å². The molecule has 2 N–H and O–H groups in total. The SMILES string of the molecule is CC1CC(C)(C)CCC1NCCCCCO. The molecule has 1 rings (SSSR count). The van der Waals surface area contributed by atoms with Gasteiger partial charge in [0.25, 0.3) is 0 Å². The maximum absolute atomic E-state index is 8.69. The van der Waals surface area contributed by atoms with Crippen molar-refractivity contribution in [2.24, 2.45) is 11.3 Å². The van der Waals surface area contributed by atoms with Crippen LogP contribution in [0, 0.1) is 11.3 Å². The lowest BCUT2D eigenvalue weighted by molar-refractivity contribution is 0.149. The van der Waals surface area contributed by atoms with E-state index < -0.39 is 0 Å². The summed E-state index contributed by atoms with van der Waals surface area (Å²) in [5.41, 5.74) is 0.550. The van der Waals surface area contributed by atoms with E-state index in [1.165, 1.54) is 25.7 Å². The fourth-order valence-electron chi connectivity index (χ4n) is 2.95. The minimum Gasteiger partial charge on any atom is -0.396 e. The first-order valence-corrected chi connectivity index (χ1v) is 6.89. The van der Waals surface area contributed by atoms with Crippen molar-refractivity contribution in [3.63, 3.8) is 0 Å². The van der Waals surface area contributed by atoms with E-state index in [1.54, 1.807) is 0 Å². The Balaban J connectivity index is 2.13. The number of rotatable bonds is 6. The van der Waals surface area contributed by atoms with E-state index in [4.69, 9.17) is 5.11 Å². The molecule has 2 heteroatoms. The maximum atomic E-state index is 8.69. The summed E-state index contributed by atoms with van der Waals surface area (Å²) in [5.74, 6) is 0.807. The van der Waals surface area contributed by atoms with Gasteiger partial charge in [-0.2, -0.15) is 0 Å². The summed E-state index contributed by atoms with van der Waals surface area (Å²) in [6, 6.07) is 0.724. The summed E-state index contributed by atoms with van der Waals surface area (Å²) in [5, 5.41) is 12.4. The molecule has 1 saturated carbocycles. The van der Waals surface area contributed by atoms with Crippen molar-refractivity contribution < 1.29 is 5.11 Å². The average Bonchev–Trinajstić information content (AvgIpc) is 2.20. The number of aliphatic hydroxyl groups excluding tert-OH is 1. The molecule has 2 atom stereocenters. The second-order valence-corrected chi connectivity index (χ2v) is 6.23. The van der Waals surface area contributed by atoms with Gasteiger partial charge in [0.2, 0.25) is 0 Å². The van der Waals surface area contributed by atoms with Crippen molar-refractivity contribution in [2.75, 3.05) is 13.2 Å². The summed E-state index contributed by atoms with van der Waals surface area (Å²) < 4.78 is 0. The van der Waals surface area contributed by atoms with Crippen molar-refractivity contribution in [1.82, 2.24) is 5.32 Å². The monoisotopic (exact) mass is 227 g/mol. The van der Waals surface area contributed by atoms with Crippen molar-refractivity contribution in [1.29, 1.82) is 0 Å². The zero-order chi connectivity index (χ0) is 12.0. The number of nitrogens with one attached hydrogen (secondary N) is 1. The summed E-state index contributed by atoms with van der Waals surface area (Å²) in [7, 11) is 0. The van der Waals surface area contributed by atoms with Crippen LogP contribution < -0.4 is 5.32 Å². The lowest BCUT2D eigenvalue weighted by Gasteiger charge is -2.39.